The molecule has 0 atom stereocenters. The smallest absolute Gasteiger partial charge is 0.337 e. The number of nitrogens with one attached hydrogen (secondary N) is 1. The van der Waals surface area contributed by atoms with E-state index in [1.807, 2.05) is 17.5 Å². The number of esters is 1. The number of carbonyl (C=O) groups excluding carboxylic acids is 2. The number of thiazole rings is 1. The van der Waals surface area contributed by atoms with Crippen molar-refractivity contribution in [1.82, 2.24) is 15.3 Å². The molecule has 0 unspecified atom stereocenters. The summed E-state index contributed by atoms with van der Waals surface area (Å²) in [5.41, 5.74) is 2.49. The molecule has 0 aliphatic rings. The maximum Gasteiger partial charge on any atom is 0.337 e. The quantitative estimate of drug-likeness (QED) is 0.713. The van der Waals surface area contributed by atoms with Crippen LogP contribution in [0.3, 0.4) is 0 Å². The van der Waals surface area contributed by atoms with Crippen LogP contribution >= 0.6 is 11.3 Å². The van der Waals surface area contributed by atoms with E-state index >= 15 is 0 Å². The summed E-state index contributed by atoms with van der Waals surface area (Å²) in [6, 6.07) is 10.2. The number of pyridine rings is 1. The monoisotopic (exact) mass is 353 g/mol. The van der Waals surface area contributed by atoms with Gasteiger partial charge in [0.05, 0.1) is 24.9 Å². The highest BCUT2D eigenvalue weighted by atomic mass is 32.1. The Bertz CT molecular complexity index is 893. The van der Waals surface area contributed by atoms with E-state index in [2.05, 4.69) is 20.0 Å². The maximum absolute atomic E-state index is 12.3. The van der Waals surface area contributed by atoms with Gasteiger partial charge in [-0.15, -0.1) is 11.3 Å². The molecule has 0 radical (unpaired) electrons. The van der Waals surface area contributed by atoms with Crippen LogP contribution in [0.1, 0.15) is 26.4 Å². The summed E-state index contributed by atoms with van der Waals surface area (Å²) >= 11 is 1.51. The van der Waals surface area contributed by atoms with Crippen molar-refractivity contribution in [1.29, 1.82) is 0 Å². The predicted molar refractivity (Wildman–Crippen MR) is 94.3 cm³/mol. The van der Waals surface area contributed by atoms with Gasteiger partial charge in [-0.25, -0.2) is 9.78 Å². The Morgan fingerprint density at radius 3 is 2.68 bits per heavy atom. The highest BCUT2D eigenvalue weighted by molar-refractivity contribution is 7.13. The van der Waals surface area contributed by atoms with Crippen molar-refractivity contribution in [3.05, 3.63) is 71.0 Å². The molecule has 0 saturated heterocycles. The second kappa shape index (κ2) is 7.67. The lowest BCUT2D eigenvalue weighted by Gasteiger charge is -2.05. The van der Waals surface area contributed by atoms with Gasteiger partial charge >= 0.3 is 5.97 Å². The number of benzene rings is 1. The Morgan fingerprint density at radius 1 is 1.16 bits per heavy atom. The molecule has 0 aliphatic heterocycles. The van der Waals surface area contributed by atoms with Gasteiger partial charge in [-0.05, 0) is 30.3 Å². The zero-order valence-corrected chi connectivity index (χ0v) is 14.2. The highest BCUT2D eigenvalue weighted by Crippen LogP contribution is 2.22. The minimum Gasteiger partial charge on any atom is -0.465 e. The second-order valence-electron chi connectivity index (χ2n) is 5.13. The van der Waals surface area contributed by atoms with Crippen LogP contribution in [-0.2, 0) is 11.3 Å². The number of carbonyl (C=O) groups is 2. The fraction of sp³-hybridized carbons (Fsp3) is 0.111. The summed E-state index contributed by atoms with van der Waals surface area (Å²) in [6.45, 7) is 0.308. The molecule has 2 aromatic heterocycles. The fourth-order valence-corrected chi connectivity index (χ4v) is 3.02. The summed E-state index contributed by atoms with van der Waals surface area (Å²) in [7, 11) is 1.30. The van der Waals surface area contributed by atoms with E-state index < -0.39 is 5.97 Å². The first kappa shape index (κ1) is 16.8. The molecular formula is C18H15N3O3S. The number of ether oxygens (including phenoxy) is 1. The minimum absolute atomic E-state index is 0.274. The standard InChI is InChI=1S/C18H15N3O3S/c1-24-18(23)14-4-2-3-13(9-14)16(22)20-10-15-11-25-17(21-15)12-5-7-19-8-6-12/h2-9,11H,10H2,1H3,(H,20,22). The molecule has 1 aromatic carbocycles. The second-order valence-corrected chi connectivity index (χ2v) is 5.99. The molecule has 0 spiro atoms. The number of methoxy groups -OCH3 is 1. The summed E-state index contributed by atoms with van der Waals surface area (Å²) < 4.78 is 4.66. The van der Waals surface area contributed by atoms with Crippen molar-refractivity contribution in [2.75, 3.05) is 7.11 Å². The Hall–Kier alpha value is -3.06. The van der Waals surface area contributed by atoms with E-state index in [4.69, 9.17) is 0 Å². The molecule has 0 fully saturated rings. The minimum atomic E-state index is -0.476. The van der Waals surface area contributed by atoms with Gasteiger partial charge in [-0.1, -0.05) is 6.07 Å². The van der Waals surface area contributed by atoms with Gasteiger partial charge in [0.25, 0.3) is 5.91 Å². The predicted octanol–water partition coefficient (Wildman–Crippen LogP) is 2.92. The summed E-state index contributed by atoms with van der Waals surface area (Å²) in [6.07, 6.45) is 3.43. The van der Waals surface area contributed by atoms with Gasteiger partial charge in [-0.2, -0.15) is 0 Å². The lowest BCUT2D eigenvalue weighted by Crippen LogP contribution is -2.23. The topological polar surface area (TPSA) is 81.2 Å². The van der Waals surface area contributed by atoms with Crippen LogP contribution in [0.5, 0.6) is 0 Å². The lowest BCUT2D eigenvalue weighted by molar-refractivity contribution is 0.0600. The van der Waals surface area contributed by atoms with Crippen molar-refractivity contribution in [2.24, 2.45) is 0 Å². The lowest BCUT2D eigenvalue weighted by atomic mass is 10.1. The van der Waals surface area contributed by atoms with E-state index in [1.165, 1.54) is 24.5 Å². The third-order valence-electron chi connectivity index (χ3n) is 3.45. The first-order valence-corrected chi connectivity index (χ1v) is 8.36. The van der Waals surface area contributed by atoms with Crippen LogP contribution in [0.2, 0.25) is 0 Å². The number of hydrogen-bond donors (Lipinski definition) is 1. The van der Waals surface area contributed by atoms with Crippen molar-refractivity contribution < 1.29 is 14.3 Å². The third kappa shape index (κ3) is 4.07. The van der Waals surface area contributed by atoms with Crippen LogP contribution in [0.4, 0.5) is 0 Å². The normalized spacial score (nSPS) is 10.3. The van der Waals surface area contributed by atoms with Gasteiger partial charge in [-0.3, -0.25) is 9.78 Å². The Labute approximate surface area is 148 Å². The van der Waals surface area contributed by atoms with Gasteiger partial charge in [0, 0.05) is 28.9 Å². The van der Waals surface area contributed by atoms with Crippen LogP contribution in [0, 0.1) is 0 Å². The average Bonchev–Trinajstić information content (AvgIpc) is 3.15. The average molecular weight is 353 g/mol. The van der Waals surface area contributed by atoms with E-state index in [1.54, 1.807) is 30.6 Å². The first-order chi connectivity index (χ1) is 12.2. The third-order valence-corrected chi connectivity index (χ3v) is 4.40. The number of hydrogen-bond acceptors (Lipinski definition) is 6. The van der Waals surface area contributed by atoms with Crippen LogP contribution in [0.25, 0.3) is 10.6 Å². The largest absolute Gasteiger partial charge is 0.465 e. The Kier molecular flexibility index (Phi) is 5.15. The summed E-state index contributed by atoms with van der Waals surface area (Å²) in [4.78, 5) is 32.3. The molecule has 3 aromatic rings. The number of rotatable bonds is 5. The molecule has 3 rings (SSSR count). The van der Waals surface area contributed by atoms with Gasteiger partial charge < -0.3 is 10.1 Å². The van der Waals surface area contributed by atoms with Crippen LogP contribution in [-0.4, -0.2) is 29.0 Å². The summed E-state index contributed by atoms with van der Waals surface area (Å²) in [5.74, 6) is -0.750. The molecule has 126 valence electrons. The Balaban J connectivity index is 1.65. The molecule has 0 bridgehead atoms. The zero-order valence-electron chi connectivity index (χ0n) is 13.4. The van der Waals surface area contributed by atoms with Gasteiger partial charge in [0.2, 0.25) is 0 Å². The van der Waals surface area contributed by atoms with Crippen molar-refractivity contribution in [3.8, 4) is 10.6 Å². The van der Waals surface area contributed by atoms with Gasteiger partial charge in [0.1, 0.15) is 5.01 Å². The molecule has 1 N–H and O–H groups in total. The van der Waals surface area contributed by atoms with E-state index in [0.29, 0.717) is 17.7 Å². The SMILES string of the molecule is COC(=O)c1cccc(C(=O)NCc2csc(-c3ccncc3)n2)c1. The van der Waals surface area contributed by atoms with Crippen molar-refractivity contribution in [3.63, 3.8) is 0 Å². The van der Waals surface area contributed by atoms with Crippen molar-refractivity contribution in [2.45, 2.75) is 6.54 Å². The van der Waals surface area contributed by atoms with Gasteiger partial charge in [0.15, 0.2) is 0 Å². The molecule has 0 saturated carbocycles. The maximum atomic E-state index is 12.3. The molecular weight excluding hydrogens is 338 g/mol. The van der Waals surface area contributed by atoms with Crippen LogP contribution in [0.15, 0.2) is 54.2 Å². The number of nitrogens with zero attached hydrogens (tertiary/aromatic N) is 2. The summed E-state index contributed by atoms with van der Waals surface area (Å²) in [5, 5.41) is 5.58. The molecule has 1 amide bonds. The molecule has 25 heavy (non-hydrogen) atoms. The fourth-order valence-electron chi connectivity index (χ4n) is 2.19. The number of aromatic nitrogens is 2. The Morgan fingerprint density at radius 2 is 1.92 bits per heavy atom. The molecule has 6 nitrogen and oxygen atoms in total. The molecule has 0 aliphatic carbocycles. The first-order valence-electron chi connectivity index (χ1n) is 7.49. The van der Waals surface area contributed by atoms with E-state index in [9.17, 15) is 9.59 Å². The highest BCUT2D eigenvalue weighted by Gasteiger charge is 2.11. The zero-order chi connectivity index (χ0) is 17.6. The van der Waals surface area contributed by atoms with Crippen LogP contribution < -0.4 is 5.32 Å². The van der Waals surface area contributed by atoms with E-state index in [-0.39, 0.29) is 5.91 Å². The van der Waals surface area contributed by atoms with Crippen molar-refractivity contribution >= 4 is 23.2 Å². The molecule has 2 heterocycles. The number of amides is 1. The molecule has 7 heteroatoms. The van der Waals surface area contributed by atoms with E-state index in [0.717, 1.165) is 16.3 Å².